The summed E-state index contributed by atoms with van der Waals surface area (Å²) >= 11 is 0. The van der Waals surface area contributed by atoms with Crippen molar-refractivity contribution >= 4 is 6.03 Å². The number of urea groups is 1. The van der Waals surface area contributed by atoms with Crippen LogP contribution in [0.25, 0.3) is 0 Å². The fourth-order valence-electron chi connectivity index (χ4n) is 3.82. The number of nitrogens with one attached hydrogen (secondary N) is 1. The van der Waals surface area contributed by atoms with E-state index in [1.165, 1.54) is 16.8 Å². The molecule has 0 spiro atoms. The second-order valence-corrected chi connectivity index (χ2v) is 6.99. The molecular formula is C23H25N3O. The summed E-state index contributed by atoms with van der Waals surface area (Å²) in [5.74, 6) is 0. The van der Waals surface area contributed by atoms with Crippen LogP contribution in [-0.4, -0.2) is 28.6 Å². The van der Waals surface area contributed by atoms with Gasteiger partial charge in [-0.1, -0.05) is 60.7 Å². The molecule has 138 valence electrons. The number of hydrogen-bond acceptors (Lipinski definition) is 1. The highest BCUT2D eigenvalue weighted by Crippen LogP contribution is 2.29. The molecule has 4 heteroatoms. The molecule has 0 saturated carbocycles. The number of carbonyl (C=O) groups is 1. The van der Waals surface area contributed by atoms with Crippen LogP contribution in [0.4, 0.5) is 4.79 Å². The third-order valence-electron chi connectivity index (χ3n) is 5.23. The monoisotopic (exact) mass is 359 g/mol. The van der Waals surface area contributed by atoms with E-state index in [0.29, 0.717) is 6.54 Å². The third-order valence-corrected chi connectivity index (χ3v) is 5.23. The predicted octanol–water partition coefficient (Wildman–Crippen LogP) is 4.04. The molecular weight excluding hydrogens is 334 g/mol. The van der Waals surface area contributed by atoms with Gasteiger partial charge in [0.2, 0.25) is 0 Å². The van der Waals surface area contributed by atoms with Gasteiger partial charge >= 0.3 is 6.03 Å². The van der Waals surface area contributed by atoms with Crippen molar-refractivity contribution in [2.24, 2.45) is 0 Å². The molecule has 1 aliphatic heterocycles. The highest BCUT2D eigenvalue weighted by Gasteiger charge is 2.30. The zero-order valence-electron chi connectivity index (χ0n) is 15.4. The lowest BCUT2D eigenvalue weighted by Crippen LogP contribution is -2.48. The molecule has 27 heavy (non-hydrogen) atoms. The number of nitrogens with zero attached hydrogens (tertiary/aromatic N) is 2. The van der Waals surface area contributed by atoms with Crippen LogP contribution < -0.4 is 5.32 Å². The van der Waals surface area contributed by atoms with Crippen molar-refractivity contribution in [2.45, 2.75) is 25.4 Å². The highest BCUT2D eigenvalue weighted by molar-refractivity contribution is 5.75. The van der Waals surface area contributed by atoms with Crippen molar-refractivity contribution in [3.63, 3.8) is 0 Å². The van der Waals surface area contributed by atoms with Gasteiger partial charge in [-0.25, -0.2) is 4.79 Å². The summed E-state index contributed by atoms with van der Waals surface area (Å²) in [6, 6.07) is 25.0. The minimum atomic E-state index is 0.0271. The molecule has 0 fully saturated rings. The van der Waals surface area contributed by atoms with Crippen molar-refractivity contribution in [3.8, 4) is 0 Å². The average molecular weight is 359 g/mol. The largest absolute Gasteiger partial charge is 0.348 e. The van der Waals surface area contributed by atoms with E-state index in [9.17, 15) is 4.79 Å². The van der Waals surface area contributed by atoms with Gasteiger partial charge in [0.25, 0.3) is 0 Å². The molecule has 1 atom stereocenters. The fourth-order valence-corrected chi connectivity index (χ4v) is 3.82. The molecule has 4 rings (SSSR count). The van der Waals surface area contributed by atoms with Gasteiger partial charge in [-0.15, -0.1) is 0 Å². The highest BCUT2D eigenvalue weighted by atomic mass is 16.2. The first-order chi connectivity index (χ1) is 13.3. The first kappa shape index (κ1) is 17.4. The molecule has 1 N–H and O–H groups in total. The molecule has 2 heterocycles. The van der Waals surface area contributed by atoms with Gasteiger partial charge in [-0.2, -0.15) is 0 Å². The van der Waals surface area contributed by atoms with Crippen molar-refractivity contribution in [1.29, 1.82) is 0 Å². The molecule has 4 nitrogen and oxygen atoms in total. The Morgan fingerprint density at radius 3 is 2.33 bits per heavy atom. The summed E-state index contributed by atoms with van der Waals surface area (Å²) < 4.78 is 2.27. The van der Waals surface area contributed by atoms with Crippen molar-refractivity contribution < 1.29 is 4.79 Å². The Kier molecular flexibility index (Phi) is 5.24. The van der Waals surface area contributed by atoms with Gasteiger partial charge in [0.1, 0.15) is 0 Å². The molecule has 0 bridgehead atoms. The number of carbonyl (C=O) groups excluding carboxylic acids is 1. The van der Waals surface area contributed by atoms with Crippen LogP contribution >= 0.6 is 0 Å². The summed E-state index contributed by atoms with van der Waals surface area (Å²) in [7, 11) is 0. The van der Waals surface area contributed by atoms with Crippen LogP contribution in [0.1, 0.15) is 22.9 Å². The SMILES string of the molecule is O=C(NCCc1ccccc1)N1CCn2cccc2[C@@H]1Cc1ccccc1. The van der Waals surface area contributed by atoms with Gasteiger partial charge in [0.05, 0.1) is 6.04 Å². The van der Waals surface area contributed by atoms with E-state index < -0.39 is 0 Å². The molecule has 1 aliphatic rings. The number of aromatic nitrogens is 1. The molecule has 0 saturated heterocycles. The Morgan fingerprint density at radius 2 is 1.59 bits per heavy atom. The Balaban J connectivity index is 1.45. The predicted molar refractivity (Wildman–Crippen MR) is 108 cm³/mol. The van der Waals surface area contributed by atoms with E-state index in [2.05, 4.69) is 64.6 Å². The second-order valence-electron chi connectivity index (χ2n) is 6.99. The number of amides is 2. The Hall–Kier alpha value is -3.01. The first-order valence-electron chi connectivity index (χ1n) is 9.58. The van der Waals surface area contributed by atoms with Crippen molar-refractivity contribution in [1.82, 2.24) is 14.8 Å². The third kappa shape index (κ3) is 4.05. The van der Waals surface area contributed by atoms with E-state index in [1.54, 1.807) is 0 Å². The number of fused-ring (bicyclic) bond motifs is 1. The fraction of sp³-hybridized carbons (Fsp3) is 0.261. The Morgan fingerprint density at radius 1 is 0.889 bits per heavy atom. The lowest BCUT2D eigenvalue weighted by molar-refractivity contribution is 0.155. The maximum Gasteiger partial charge on any atom is 0.318 e. The topological polar surface area (TPSA) is 37.3 Å². The second kappa shape index (κ2) is 8.12. The standard InChI is InChI=1S/C23H25N3O/c27-23(24-14-13-19-8-3-1-4-9-19)26-17-16-25-15-7-12-21(25)22(26)18-20-10-5-2-6-11-20/h1-12,15,22H,13-14,16-18H2,(H,24,27)/t22-/m0/s1. The quantitative estimate of drug-likeness (QED) is 0.733. The molecule has 3 aromatic rings. The van der Waals surface area contributed by atoms with Gasteiger partial charge in [0.15, 0.2) is 0 Å². The zero-order chi connectivity index (χ0) is 18.5. The van der Waals surface area contributed by atoms with E-state index in [1.807, 2.05) is 29.2 Å². The van der Waals surface area contributed by atoms with Gasteiger partial charge in [-0.3, -0.25) is 0 Å². The summed E-state index contributed by atoms with van der Waals surface area (Å²) in [6.07, 6.45) is 3.79. The first-order valence-corrected chi connectivity index (χ1v) is 9.58. The van der Waals surface area contributed by atoms with E-state index in [4.69, 9.17) is 0 Å². The number of rotatable bonds is 5. The van der Waals surface area contributed by atoms with Crippen LogP contribution in [0.3, 0.4) is 0 Å². The van der Waals surface area contributed by atoms with Crippen molar-refractivity contribution in [2.75, 3.05) is 13.1 Å². The summed E-state index contributed by atoms with van der Waals surface area (Å²) in [4.78, 5) is 14.9. The van der Waals surface area contributed by atoms with Gasteiger partial charge in [-0.05, 0) is 36.1 Å². The lowest BCUT2D eigenvalue weighted by Gasteiger charge is -2.37. The maximum atomic E-state index is 12.9. The molecule has 2 amide bonds. The van der Waals surface area contributed by atoms with Gasteiger partial charge < -0.3 is 14.8 Å². The van der Waals surface area contributed by atoms with Crippen LogP contribution in [0.2, 0.25) is 0 Å². The van der Waals surface area contributed by atoms with Crippen LogP contribution in [-0.2, 0) is 19.4 Å². The normalized spacial score (nSPS) is 16.0. The Bertz CT molecular complexity index is 873. The molecule has 2 aromatic carbocycles. The summed E-state index contributed by atoms with van der Waals surface area (Å²) in [6.45, 7) is 2.23. The van der Waals surface area contributed by atoms with Crippen LogP contribution in [0.5, 0.6) is 0 Å². The minimum Gasteiger partial charge on any atom is -0.348 e. The number of benzene rings is 2. The van der Waals surface area contributed by atoms with Crippen LogP contribution in [0, 0.1) is 0 Å². The van der Waals surface area contributed by atoms with Crippen molar-refractivity contribution in [3.05, 3.63) is 95.8 Å². The minimum absolute atomic E-state index is 0.0271. The molecule has 0 aliphatic carbocycles. The molecule has 1 aromatic heterocycles. The molecule has 0 radical (unpaired) electrons. The van der Waals surface area contributed by atoms with Crippen LogP contribution in [0.15, 0.2) is 79.0 Å². The van der Waals surface area contributed by atoms with E-state index in [0.717, 1.165) is 25.9 Å². The summed E-state index contributed by atoms with van der Waals surface area (Å²) in [5.41, 5.74) is 3.70. The Labute approximate surface area is 160 Å². The maximum absolute atomic E-state index is 12.9. The van der Waals surface area contributed by atoms with E-state index in [-0.39, 0.29) is 12.1 Å². The average Bonchev–Trinajstić information content (AvgIpc) is 3.19. The molecule has 0 unspecified atom stereocenters. The zero-order valence-corrected chi connectivity index (χ0v) is 15.4. The smallest absolute Gasteiger partial charge is 0.318 e. The summed E-state index contributed by atoms with van der Waals surface area (Å²) in [5, 5.41) is 3.12. The number of hydrogen-bond donors (Lipinski definition) is 1. The van der Waals surface area contributed by atoms with Gasteiger partial charge in [0, 0.05) is 31.5 Å². The van der Waals surface area contributed by atoms with E-state index >= 15 is 0 Å². The lowest BCUT2D eigenvalue weighted by atomic mass is 10.0.